The Bertz CT molecular complexity index is 1160. The van der Waals surface area contributed by atoms with Crippen molar-refractivity contribution in [3.05, 3.63) is 91.7 Å². The summed E-state index contributed by atoms with van der Waals surface area (Å²) in [7, 11) is 0. The Balaban J connectivity index is 1.71. The van der Waals surface area contributed by atoms with Gasteiger partial charge in [0.25, 0.3) is 0 Å². The van der Waals surface area contributed by atoms with E-state index in [9.17, 15) is 9.59 Å². The molecule has 0 unspecified atom stereocenters. The number of ether oxygens (including phenoxy) is 1. The second-order valence-electron chi connectivity index (χ2n) is 8.46. The van der Waals surface area contributed by atoms with Crippen LogP contribution in [0.3, 0.4) is 0 Å². The number of dihydropyridines is 1. The number of carbonyl (C=O) groups excluding carboxylic acids is 2. The van der Waals surface area contributed by atoms with Gasteiger partial charge in [-0.25, -0.2) is 4.79 Å². The molecule has 1 N–H and O–H groups in total. The number of nitrogens with one attached hydrogen (secondary N) is 1. The van der Waals surface area contributed by atoms with Crippen molar-refractivity contribution in [3.63, 3.8) is 0 Å². The minimum absolute atomic E-state index is 0.0537. The van der Waals surface area contributed by atoms with Crippen molar-refractivity contribution in [1.82, 2.24) is 5.32 Å². The maximum absolute atomic E-state index is 13.6. The van der Waals surface area contributed by atoms with Crippen molar-refractivity contribution in [2.24, 2.45) is 0 Å². The maximum Gasteiger partial charge on any atom is 0.336 e. The number of hydrogen-bond acceptors (Lipinski definition) is 5. The first-order valence-corrected chi connectivity index (χ1v) is 13.7. The quantitative estimate of drug-likeness (QED) is 0.299. The van der Waals surface area contributed by atoms with E-state index in [2.05, 4.69) is 28.2 Å². The molecule has 1 aliphatic heterocycles. The number of esters is 1. The van der Waals surface area contributed by atoms with Crippen LogP contribution < -0.4 is 5.32 Å². The zero-order valence-electron chi connectivity index (χ0n) is 19.2. The molecule has 4 rings (SSSR count). The lowest BCUT2D eigenvalue weighted by Gasteiger charge is -2.36. The molecule has 2 aliphatic rings. The Hall–Kier alpha value is -2.02. The van der Waals surface area contributed by atoms with Gasteiger partial charge in [-0.05, 0) is 60.4 Å². The number of thioether (sulfide) groups is 1. The molecule has 178 valence electrons. The first kappa shape index (κ1) is 25.1. The molecule has 0 aromatic heterocycles. The Morgan fingerprint density at radius 1 is 1.18 bits per heavy atom. The predicted octanol–water partition coefficient (Wildman–Crippen LogP) is 6.76. The van der Waals surface area contributed by atoms with Crippen molar-refractivity contribution in [2.45, 2.75) is 38.5 Å². The summed E-state index contributed by atoms with van der Waals surface area (Å²) in [6, 6.07) is 15.5. The van der Waals surface area contributed by atoms with Crippen LogP contribution in [0.15, 0.2) is 75.5 Å². The van der Waals surface area contributed by atoms with Crippen molar-refractivity contribution >= 4 is 51.0 Å². The van der Waals surface area contributed by atoms with Gasteiger partial charge in [-0.3, -0.25) is 4.79 Å². The highest BCUT2D eigenvalue weighted by Crippen LogP contribution is 2.46. The molecule has 0 fully saturated rings. The van der Waals surface area contributed by atoms with E-state index < -0.39 is 5.92 Å². The van der Waals surface area contributed by atoms with E-state index in [1.54, 1.807) is 11.8 Å². The van der Waals surface area contributed by atoms with Gasteiger partial charge < -0.3 is 10.1 Å². The van der Waals surface area contributed by atoms with E-state index in [0.717, 1.165) is 38.5 Å². The number of hydrogen-bond donors (Lipinski definition) is 1. The van der Waals surface area contributed by atoms with Crippen molar-refractivity contribution in [3.8, 4) is 0 Å². The summed E-state index contributed by atoms with van der Waals surface area (Å²) in [5, 5.41) is 4.08. The fraction of sp³-hybridized carbons (Fsp3) is 0.333. The molecule has 0 radical (unpaired) electrons. The molecule has 1 heterocycles. The molecular weight excluding hydrogens is 534 g/mol. The second-order valence-corrected chi connectivity index (χ2v) is 11.2. The zero-order valence-corrected chi connectivity index (χ0v) is 22.4. The molecule has 2 atom stereocenters. The number of Topliss-reactive ketones (excluding diaryl/α,β-unsaturated/α-hetero) is 1. The van der Waals surface area contributed by atoms with E-state index in [0.29, 0.717) is 35.6 Å². The molecule has 0 spiro atoms. The van der Waals surface area contributed by atoms with E-state index >= 15 is 0 Å². The molecular formula is C27H27BrClNO3S. The summed E-state index contributed by atoms with van der Waals surface area (Å²) < 4.78 is 6.54. The summed E-state index contributed by atoms with van der Waals surface area (Å²) >= 11 is 11.3. The maximum atomic E-state index is 13.6. The van der Waals surface area contributed by atoms with Crippen LogP contribution in [0.5, 0.6) is 0 Å². The third-order valence-electron chi connectivity index (χ3n) is 6.24. The Labute approximate surface area is 218 Å². The number of carbonyl (C=O) groups is 2. The SMILES string of the molecule is CCSCCOC(=O)C1=C(C)NC2=C(C(=O)C[C@@H](c3ccc(Cl)cc3)C2)[C@H]1c1cccc(Br)c1. The van der Waals surface area contributed by atoms with E-state index in [4.69, 9.17) is 16.3 Å². The molecule has 1 aliphatic carbocycles. The lowest BCUT2D eigenvalue weighted by Crippen LogP contribution is -2.36. The Morgan fingerprint density at radius 3 is 2.65 bits per heavy atom. The summed E-state index contributed by atoms with van der Waals surface area (Å²) in [6.45, 7) is 4.31. The van der Waals surface area contributed by atoms with Gasteiger partial charge in [-0.1, -0.05) is 58.7 Å². The van der Waals surface area contributed by atoms with Gasteiger partial charge in [0, 0.05) is 44.6 Å². The first-order valence-electron chi connectivity index (χ1n) is 11.4. The first-order chi connectivity index (χ1) is 16.4. The lowest BCUT2D eigenvalue weighted by molar-refractivity contribution is -0.138. The fourth-order valence-corrected chi connectivity index (χ4v) is 5.75. The number of benzene rings is 2. The highest BCUT2D eigenvalue weighted by atomic mass is 79.9. The van der Waals surface area contributed by atoms with Crippen molar-refractivity contribution in [1.29, 1.82) is 0 Å². The predicted molar refractivity (Wildman–Crippen MR) is 142 cm³/mol. The van der Waals surface area contributed by atoms with E-state index in [1.807, 2.05) is 55.5 Å². The minimum atomic E-state index is -0.459. The molecule has 0 saturated carbocycles. The van der Waals surface area contributed by atoms with Gasteiger partial charge in [0.15, 0.2) is 5.78 Å². The molecule has 2 aromatic carbocycles. The van der Waals surface area contributed by atoms with Crippen molar-refractivity contribution in [2.75, 3.05) is 18.1 Å². The third kappa shape index (κ3) is 5.45. The monoisotopic (exact) mass is 559 g/mol. The molecule has 0 saturated heterocycles. The zero-order chi connectivity index (χ0) is 24.2. The van der Waals surface area contributed by atoms with Crippen LogP contribution in [0.2, 0.25) is 5.02 Å². The third-order valence-corrected chi connectivity index (χ3v) is 7.84. The summed E-state index contributed by atoms with van der Waals surface area (Å²) in [5.41, 5.74) is 4.79. The standard InChI is InChI=1S/C27H27BrClNO3S/c1-3-34-12-11-33-27(32)24-16(2)30-22-14-19(17-7-9-21(29)10-8-17)15-23(31)26(22)25(24)18-5-4-6-20(28)13-18/h4-10,13,19,25,30H,3,11-12,14-15H2,1-2H3/t19-,25-/m0/s1. The number of rotatable bonds is 7. The smallest absolute Gasteiger partial charge is 0.336 e. The Kier molecular flexibility index (Phi) is 8.22. The Morgan fingerprint density at radius 2 is 1.94 bits per heavy atom. The van der Waals surface area contributed by atoms with Crippen LogP contribution in [0, 0.1) is 0 Å². The molecule has 34 heavy (non-hydrogen) atoms. The number of halogens is 2. The highest BCUT2D eigenvalue weighted by Gasteiger charge is 2.41. The fourth-order valence-electron chi connectivity index (χ4n) is 4.72. The summed E-state index contributed by atoms with van der Waals surface area (Å²) in [5.74, 6) is 1.01. The molecule has 7 heteroatoms. The van der Waals surface area contributed by atoms with Crippen LogP contribution in [-0.2, 0) is 14.3 Å². The largest absolute Gasteiger partial charge is 0.461 e. The highest BCUT2D eigenvalue weighted by molar-refractivity contribution is 9.10. The summed E-state index contributed by atoms with van der Waals surface area (Å²) in [4.78, 5) is 26.9. The normalized spacial score (nSPS) is 20.2. The van der Waals surface area contributed by atoms with Gasteiger partial charge in [-0.2, -0.15) is 11.8 Å². The van der Waals surface area contributed by atoms with Gasteiger partial charge in [0.1, 0.15) is 6.61 Å². The van der Waals surface area contributed by atoms with Gasteiger partial charge in [0.05, 0.1) is 5.57 Å². The molecule has 0 bridgehead atoms. The lowest BCUT2D eigenvalue weighted by atomic mass is 9.72. The van der Waals surface area contributed by atoms with E-state index in [1.165, 1.54) is 0 Å². The number of allylic oxidation sites excluding steroid dienone is 3. The minimum Gasteiger partial charge on any atom is -0.461 e. The van der Waals surface area contributed by atoms with Crippen molar-refractivity contribution < 1.29 is 14.3 Å². The second kappa shape index (κ2) is 11.1. The van der Waals surface area contributed by atoms with Gasteiger partial charge in [0.2, 0.25) is 0 Å². The molecule has 0 amide bonds. The van der Waals surface area contributed by atoms with Crippen LogP contribution >= 0.6 is 39.3 Å². The van der Waals surface area contributed by atoms with Crippen LogP contribution in [-0.4, -0.2) is 29.9 Å². The average Bonchev–Trinajstić information content (AvgIpc) is 2.81. The van der Waals surface area contributed by atoms with Gasteiger partial charge >= 0.3 is 5.97 Å². The van der Waals surface area contributed by atoms with E-state index in [-0.39, 0.29) is 17.7 Å². The number of ketones is 1. The van der Waals surface area contributed by atoms with Crippen LogP contribution in [0.25, 0.3) is 0 Å². The molecule has 2 aromatic rings. The summed E-state index contributed by atoms with van der Waals surface area (Å²) in [6.07, 6.45) is 1.08. The van der Waals surface area contributed by atoms with Crippen LogP contribution in [0.4, 0.5) is 0 Å². The average molecular weight is 561 g/mol. The van der Waals surface area contributed by atoms with Crippen LogP contribution in [0.1, 0.15) is 49.7 Å². The van der Waals surface area contributed by atoms with Gasteiger partial charge in [-0.15, -0.1) is 0 Å². The molecule has 4 nitrogen and oxygen atoms in total. The topological polar surface area (TPSA) is 55.4 Å².